The van der Waals surface area contributed by atoms with Gasteiger partial charge in [0.25, 0.3) is 0 Å². The molecule has 1 aromatic carbocycles. The van der Waals surface area contributed by atoms with E-state index in [1.165, 1.54) is 5.56 Å². The first kappa shape index (κ1) is 12.2. The van der Waals surface area contributed by atoms with Gasteiger partial charge in [-0.05, 0) is 26.3 Å². The van der Waals surface area contributed by atoms with Gasteiger partial charge in [-0.15, -0.1) is 0 Å². The molecule has 0 aliphatic heterocycles. The Bertz CT molecular complexity index is 409. The van der Waals surface area contributed by atoms with Crippen LogP contribution in [0.4, 0.5) is 0 Å². The number of rotatable bonds is 4. The van der Waals surface area contributed by atoms with Crippen molar-refractivity contribution < 1.29 is 8.42 Å². The summed E-state index contributed by atoms with van der Waals surface area (Å²) in [5.41, 5.74) is 2.15. The van der Waals surface area contributed by atoms with Gasteiger partial charge in [-0.25, -0.2) is 13.1 Å². The van der Waals surface area contributed by atoms with Crippen LogP contribution in [0.3, 0.4) is 0 Å². The summed E-state index contributed by atoms with van der Waals surface area (Å²) in [5.74, 6) is 0.114. The Balaban J connectivity index is 2.78. The standard InChI is InChI=1S/C11H17NO2S/c1-4-15(13,14)12-10(3)11-7-5-9(2)6-8-11/h5-8,10,12H,4H2,1-3H3. The van der Waals surface area contributed by atoms with Crippen molar-refractivity contribution in [3.05, 3.63) is 35.4 Å². The maximum Gasteiger partial charge on any atom is 0.211 e. The molecule has 0 spiro atoms. The average molecular weight is 227 g/mol. The van der Waals surface area contributed by atoms with Crippen molar-refractivity contribution in [2.45, 2.75) is 26.8 Å². The van der Waals surface area contributed by atoms with Crippen LogP contribution in [0.1, 0.15) is 31.0 Å². The molecule has 0 saturated carbocycles. The van der Waals surface area contributed by atoms with Crippen LogP contribution in [0, 0.1) is 6.92 Å². The van der Waals surface area contributed by atoms with Crippen molar-refractivity contribution >= 4 is 10.0 Å². The first-order chi connectivity index (χ1) is 6.94. The molecule has 1 unspecified atom stereocenters. The molecule has 0 bridgehead atoms. The summed E-state index contributed by atoms with van der Waals surface area (Å²) >= 11 is 0. The number of hydrogen-bond donors (Lipinski definition) is 1. The lowest BCUT2D eigenvalue weighted by molar-refractivity contribution is 0.568. The maximum absolute atomic E-state index is 11.3. The first-order valence-corrected chi connectivity index (χ1v) is 6.66. The van der Waals surface area contributed by atoms with Gasteiger partial charge >= 0.3 is 0 Å². The largest absolute Gasteiger partial charge is 0.212 e. The number of benzene rings is 1. The molecule has 15 heavy (non-hydrogen) atoms. The molecule has 1 rings (SSSR count). The minimum Gasteiger partial charge on any atom is -0.212 e. The number of aryl methyl sites for hydroxylation is 1. The molecule has 1 atom stereocenters. The lowest BCUT2D eigenvalue weighted by Crippen LogP contribution is -2.28. The fourth-order valence-corrected chi connectivity index (χ4v) is 2.12. The summed E-state index contributed by atoms with van der Waals surface area (Å²) < 4.78 is 25.3. The van der Waals surface area contributed by atoms with E-state index in [4.69, 9.17) is 0 Å². The van der Waals surface area contributed by atoms with Gasteiger partial charge in [0, 0.05) is 6.04 Å². The van der Waals surface area contributed by atoms with Gasteiger partial charge in [0.05, 0.1) is 5.75 Å². The molecule has 0 radical (unpaired) electrons. The molecule has 0 saturated heterocycles. The third-order valence-corrected chi connectivity index (χ3v) is 3.79. The molecule has 4 heteroatoms. The third-order valence-electron chi connectivity index (χ3n) is 2.31. The highest BCUT2D eigenvalue weighted by atomic mass is 32.2. The molecule has 0 fully saturated rings. The second-order valence-electron chi connectivity index (χ2n) is 3.65. The van der Waals surface area contributed by atoms with E-state index in [1.807, 2.05) is 38.1 Å². The van der Waals surface area contributed by atoms with Crippen molar-refractivity contribution in [2.75, 3.05) is 5.75 Å². The lowest BCUT2D eigenvalue weighted by atomic mass is 10.1. The van der Waals surface area contributed by atoms with Gasteiger partial charge in [0.15, 0.2) is 0 Å². The Morgan fingerprint density at radius 2 is 1.80 bits per heavy atom. The normalized spacial score (nSPS) is 13.8. The van der Waals surface area contributed by atoms with Crippen molar-refractivity contribution in [3.8, 4) is 0 Å². The van der Waals surface area contributed by atoms with Gasteiger partial charge in [-0.2, -0.15) is 0 Å². The van der Waals surface area contributed by atoms with Gasteiger partial charge in [-0.1, -0.05) is 29.8 Å². The molecule has 0 heterocycles. The highest BCUT2D eigenvalue weighted by Gasteiger charge is 2.12. The zero-order chi connectivity index (χ0) is 11.5. The lowest BCUT2D eigenvalue weighted by Gasteiger charge is -2.13. The third kappa shape index (κ3) is 3.64. The van der Waals surface area contributed by atoms with Gasteiger partial charge in [0.1, 0.15) is 0 Å². The predicted octanol–water partition coefficient (Wildman–Crippen LogP) is 2.00. The summed E-state index contributed by atoms with van der Waals surface area (Å²) in [6.07, 6.45) is 0. The Hall–Kier alpha value is -0.870. The average Bonchev–Trinajstić information content (AvgIpc) is 2.18. The minimum absolute atomic E-state index is 0.114. The second kappa shape index (κ2) is 4.77. The van der Waals surface area contributed by atoms with E-state index in [-0.39, 0.29) is 11.8 Å². The van der Waals surface area contributed by atoms with Crippen LogP contribution < -0.4 is 4.72 Å². The molecule has 0 amide bonds. The maximum atomic E-state index is 11.3. The molecule has 84 valence electrons. The summed E-state index contributed by atoms with van der Waals surface area (Å²) in [6, 6.07) is 7.67. The van der Waals surface area contributed by atoms with Crippen molar-refractivity contribution in [2.24, 2.45) is 0 Å². The van der Waals surface area contributed by atoms with E-state index in [2.05, 4.69) is 4.72 Å². The number of sulfonamides is 1. The van der Waals surface area contributed by atoms with Crippen LogP contribution in [0.15, 0.2) is 24.3 Å². The van der Waals surface area contributed by atoms with Crippen LogP contribution in [0.25, 0.3) is 0 Å². The molecule has 0 aromatic heterocycles. The van der Waals surface area contributed by atoms with Gasteiger partial charge < -0.3 is 0 Å². The fraction of sp³-hybridized carbons (Fsp3) is 0.455. The summed E-state index contributed by atoms with van der Waals surface area (Å²) in [4.78, 5) is 0. The van der Waals surface area contributed by atoms with E-state index in [0.29, 0.717) is 0 Å². The second-order valence-corrected chi connectivity index (χ2v) is 5.70. The Kier molecular flexibility index (Phi) is 3.88. The van der Waals surface area contributed by atoms with Gasteiger partial charge in [-0.3, -0.25) is 0 Å². The van der Waals surface area contributed by atoms with E-state index < -0.39 is 10.0 Å². The molecule has 0 aliphatic carbocycles. The molecule has 1 aromatic rings. The molecule has 3 nitrogen and oxygen atoms in total. The van der Waals surface area contributed by atoms with Crippen LogP contribution in [0.2, 0.25) is 0 Å². The zero-order valence-corrected chi connectivity index (χ0v) is 10.1. The van der Waals surface area contributed by atoms with Crippen molar-refractivity contribution in [1.82, 2.24) is 4.72 Å². The van der Waals surface area contributed by atoms with Crippen LogP contribution in [-0.2, 0) is 10.0 Å². The van der Waals surface area contributed by atoms with E-state index >= 15 is 0 Å². The van der Waals surface area contributed by atoms with Crippen molar-refractivity contribution in [3.63, 3.8) is 0 Å². The number of hydrogen-bond acceptors (Lipinski definition) is 2. The summed E-state index contributed by atoms with van der Waals surface area (Å²) in [5, 5.41) is 0. The minimum atomic E-state index is -3.13. The predicted molar refractivity (Wildman–Crippen MR) is 62.2 cm³/mol. The van der Waals surface area contributed by atoms with Crippen LogP contribution in [-0.4, -0.2) is 14.2 Å². The highest BCUT2D eigenvalue weighted by molar-refractivity contribution is 7.89. The summed E-state index contributed by atoms with van der Waals surface area (Å²) in [6.45, 7) is 5.48. The molecular formula is C11H17NO2S. The zero-order valence-electron chi connectivity index (χ0n) is 9.32. The Morgan fingerprint density at radius 1 is 1.27 bits per heavy atom. The Morgan fingerprint density at radius 3 is 2.27 bits per heavy atom. The molecule has 1 N–H and O–H groups in total. The summed E-state index contributed by atoms with van der Waals surface area (Å²) in [7, 11) is -3.13. The highest BCUT2D eigenvalue weighted by Crippen LogP contribution is 2.13. The quantitative estimate of drug-likeness (QED) is 0.855. The van der Waals surface area contributed by atoms with E-state index in [1.54, 1.807) is 6.92 Å². The van der Waals surface area contributed by atoms with Gasteiger partial charge in [0.2, 0.25) is 10.0 Å². The molecule has 0 aliphatic rings. The van der Waals surface area contributed by atoms with Crippen LogP contribution in [0.5, 0.6) is 0 Å². The van der Waals surface area contributed by atoms with E-state index in [0.717, 1.165) is 5.56 Å². The fourth-order valence-electron chi connectivity index (χ4n) is 1.28. The Labute approximate surface area is 91.6 Å². The topological polar surface area (TPSA) is 46.2 Å². The van der Waals surface area contributed by atoms with Crippen LogP contribution >= 0.6 is 0 Å². The molecular weight excluding hydrogens is 210 g/mol. The SMILES string of the molecule is CCS(=O)(=O)NC(C)c1ccc(C)cc1. The smallest absolute Gasteiger partial charge is 0.211 e. The van der Waals surface area contributed by atoms with Crippen molar-refractivity contribution in [1.29, 1.82) is 0 Å². The number of nitrogens with one attached hydrogen (secondary N) is 1. The first-order valence-electron chi connectivity index (χ1n) is 5.01. The monoisotopic (exact) mass is 227 g/mol. The van der Waals surface area contributed by atoms with E-state index in [9.17, 15) is 8.42 Å².